The lowest BCUT2D eigenvalue weighted by Gasteiger charge is -2.18. The van der Waals surface area contributed by atoms with Crippen LogP contribution in [0.2, 0.25) is 0 Å². The predicted molar refractivity (Wildman–Crippen MR) is 102 cm³/mol. The zero-order chi connectivity index (χ0) is 19.5. The van der Waals surface area contributed by atoms with Crippen LogP contribution in [-0.2, 0) is 10.0 Å². The summed E-state index contributed by atoms with van der Waals surface area (Å²) in [7, 11) is 0.296. The average molecular weight is 381 g/mol. The summed E-state index contributed by atoms with van der Waals surface area (Å²) in [5, 5.41) is 3.45. The summed E-state index contributed by atoms with van der Waals surface area (Å²) < 4.78 is 32.5. The van der Waals surface area contributed by atoms with Crippen LogP contribution in [0, 0.1) is 6.92 Å². The predicted octanol–water partition coefficient (Wildman–Crippen LogP) is 2.06. The molecule has 0 radical (unpaired) electrons. The summed E-state index contributed by atoms with van der Waals surface area (Å²) in [6.07, 6.45) is 0. The quantitative estimate of drug-likeness (QED) is 0.757. The van der Waals surface area contributed by atoms with Crippen LogP contribution in [0.4, 0.5) is 0 Å². The maximum absolute atomic E-state index is 12.7. The second kappa shape index (κ2) is 8.20. The highest BCUT2D eigenvalue weighted by Gasteiger charge is 2.24. The third kappa shape index (κ3) is 4.08. The number of likely N-dealkylation sites (N-methyl/N-ethyl adjacent to an activating group) is 1. The van der Waals surface area contributed by atoms with Crippen molar-refractivity contribution in [2.45, 2.75) is 25.7 Å². The lowest BCUT2D eigenvalue weighted by molar-refractivity contribution is 0.0924. The maximum atomic E-state index is 12.7. The lowest BCUT2D eigenvalue weighted by Crippen LogP contribution is -2.31. The normalized spacial score (nSPS) is 12.3. The third-order valence-corrected chi connectivity index (χ3v) is 6.35. The van der Waals surface area contributed by atoms with E-state index >= 15 is 0 Å². The van der Waals surface area contributed by atoms with Crippen molar-refractivity contribution in [2.24, 2.45) is 0 Å². The van der Waals surface area contributed by atoms with Crippen molar-refractivity contribution >= 4 is 26.9 Å². The summed E-state index contributed by atoms with van der Waals surface area (Å²) in [6.45, 7) is 7.40. The number of nitrogens with one attached hydrogen (secondary N) is 1. The Morgan fingerprint density at radius 1 is 1.19 bits per heavy atom. The van der Waals surface area contributed by atoms with E-state index in [1.165, 1.54) is 10.4 Å². The number of amides is 1. The highest BCUT2D eigenvalue weighted by molar-refractivity contribution is 7.89. The van der Waals surface area contributed by atoms with Gasteiger partial charge in [-0.1, -0.05) is 13.8 Å². The van der Waals surface area contributed by atoms with Gasteiger partial charge in [-0.15, -0.1) is 0 Å². The summed E-state index contributed by atoms with van der Waals surface area (Å²) in [4.78, 5) is 14.5. The number of carbonyl (C=O) groups excluding carboxylic acids is 1. The minimum absolute atomic E-state index is 0.206. The van der Waals surface area contributed by atoms with E-state index < -0.39 is 10.0 Å². The lowest BCUT2D eigenvalue weighted by atomic mass is 10.1. The van der Waals surface area contributed by atoms with Gasteiger partial charge in [0.25, 0.3) is 5.91 Å². The Bertz CT molecular complexity index is 883. The molecule has 0 spiro atoms. The number of hydrogen-bond acceptors (Lipinski definition) is 5. The van der Waals surface area contributed by atoms with E-state index in [9.17, 15) is 13.2 Å². The van der Waals surface area contributed by atoms with Gasteiger partial charge in [-0.2, -0.15) is 4.31 Å². The summed E-state index contributed by atoms with van der Waals surface area (Å²) in [6, 6.07) is 4.71. The van der Waals surface area contributed by atoms with Gasteiger partial charge in [-0.25, -0.2) is 8.42 Å². The van der Waals surface area contributed by atoms with Crippen molar-refractivity contribution in [1.29, 1.82) is 0 Å². The number of hydrogen-bond donors (Lipinski definition) is 1. The third-order valence-electron chi connectivity index (χ3n) is 4.30. The van der Waals surface area contributed by atoms with Gasteiger partial charge in [-0.3, -0.25) is 4.79 Å². The molecule has 144 valence electrons. The first-order valence-corrected chi connectivity index (χ1v) is 10.1. The Kier molecular flexibility index (Phi) is 6.44. The van der Waals surface area contributed by atoms with Crippen molar-refractivity contribution in [3.8, 4) is 0 Å². The van der Waals surface area contributed by atoms with Crippen molar-refractivity contribution in [3.63, 3.8) is 0 Å². The number of carbonyl (C=O) groups is 1. The van der Waals surface area contributed by atoms with Crippen LogP contribution in [0.1, 0.15) is 30.0 Å². The number of sulfonamides is 1. The molecule has 0 bridgehead atoms. The summed E-state index contributed by atoms with van der Waals surface area (Å²) >= 11 is 0. The van der Waals surface area contributed by atoms with Gasteiger partial charge in [0.2, 0.25) is 10.0 Å². The van der Waals surface area contributed by atoms with Gasteiger partial charge in [-0.05, 0) is 39.2 Å². The number of furan rings is 1. The largest absolute Gasteiger partial charge is 0.451 e. The highest BCUT2D eigenvalue weighted by Crippen LogP contribution is 2.28. The first-order valence-electron chi connectivity index (χ1n) is 8.68. The number of fused-ring (bicyclic) bond motifs is 1. The second-order valence-electron chi connectivity index (χ2n) is 6.36. The van der Waals surface area contributed by atoms with Crippen molar-refractivity contribution in [1.82, 2.24) is 14.5 Å². The Labute approximate surface area is 155 Å². The van der Waals surface area contributed by atoms with Gasteiger partial charge >= 0.3 is 0 Å². The molecule has 0 saturated carbocycles. The first-order chi connectivity index (χ1) is 12.2. The van der Waals surface area contributed by atoms with Gasteiger partial charge in [0.1, 0.15) is 5.58 Å². The topological polar surface area (TPSA) is 82.9 Å². The van der Waals surface area contributed by atoms with Crippen LogP contribution in [0.3, 0.4) is 0 Å². The average Bonchev–Trinajstić information content (AvgIpc) is 2.92. The van der Waals surface area contributed by atoms with E-state index in [1.807, 2.05) is 19.0 Å². The molecule has 8 heteroatoms. The molecule has 0 unspecified atom stereocenters. The molecule has 1 aromatic carbocycles. The Balaban J connectivity index is 2.36. The molecule has 1 aromatic heterocycles. The Hall–Kier alpha value is -1.90. The molecule has 2 rings (SSSR count). The van der Waals surface area contributed by atoms with Crippen LogP contribution in [0.15, 0.2) is 27.5 Å². The van der Waals surface area contributed by atoms with Crippen molar-refractivity contribution < 1.29 is 17.6 Å². The number of benzene rings is 1. The molecule has 0 atom stereocenters. The van der Waals surface area contributed by atoms with E-state index in [1.54, 1.807) is 32.9 Å². The molecule has 2 aromatic rings. The number of aryl methyl sites for hydroxylation is 1. The van der Waals surface area contributed by atoms with E-state index in [2.05, 4.69) is 5.32 Å². The van der Waals surface area contributed by atoms with E-state index in [-0.39, 0.29) is 16.6 Å². The molecule has 7 nitrogen and oxygen atoms in total. The molecule has 0 fully saturated rings. The van der Waals surface area contributed by atoms with Crippen LogP contribution in [-0.4, -0.2) is 63.8 Å². The maximum Gasteiger partial charge on any atom is 0.287 e. The molecule has 0 saturated heterocycles. The molecule has 1 N–H and O–H groups in total. The smallest absolute Gasteiger partial charge is 0.287 e. The zero-order valence-corrected chi connectivity index (χ0v) is 16.8. The molecule has 26 heavy (non-hydrogen) atoms. The van der Waals surface area contributed by atoms with E-state index in [0.717, 1.165) is 6.54 Å². The Morgan fingerprint density at radius 3 is 2.42 bits per heavy atom. The first kappa shape index (κ1) is 20.4. The van der Waals surface area contributed by atoms with Gasteiger partial charge < -0.3 is 14.6 Å². The highest BCUT2D eigenvalue weighted by atomic mass is 32.2. The minimum Gasteiger partial charge on any atom is -0.451 e. The fraction of sp³-hybridized carbons (Fsp3) is 0.500. The van der Waals surface area contributed by atoms with Crippen LogP contribution < -0.4 is 5.32 Å². The fourth-order valence-corrected chi connectivity index (χ4v) is 4.25. The molecule has 0 aliphatic carbocycles. The number of rotatable bonds is 8. The molecule has 0 aliphatic heterocycles. The van der Waals surface area contributed by atoms with E-state index in [4.69, 9.17) is 4.42 Å². The van der Waals surface area contributed by atoms with E-state index in [0.29, 0.717) is 36.2 Å². The van der Waals surface area contributed by atoms with Gasteiger partial charge in [0.15, 0.2) is 5.76 Å². The summed E-state index contributed by atoms with van der Waals surface area (Å²) in [5.41, 5.74) is 1.14. The SMILES string of the molecule is CCN(CC)S(=O)(=O)c1ccc2oc(C(=O)NCCN(C)C)c(C)c2c1. The summed E-state index contributed by atoms with van der Waals surface area (Å²) in [5.74, 6) is -0.0788. The second-order valence-corrected chi connectivity index (χ2v) is 8.30. The molecular formula is C18H27N3O4S. The van der Waals surface area contributed by atoms with Gasteiger partial charge in [0, 0.05) is 37.1 Å². The molecule has 1 heterocycles. The monoisotopic (exact) mass is 381 g/mol. The van der Waals surface area contributed by atoms with Gasteiger partial charge in [0.05, 0.1) is 4.90 Å². The standard InChI is InChI=1S/C18H27N3O4S/c1-6-21(7-2)26(23,24)14-8-9-16-15(12-14)13(3)17(25-16)18(22)19-10-11-20(4)5/h8-9,12H,6-7,10-11H2,1-5H3,(H,19,22). The van der Waals surface area contributed by atoms with Crippen LogP contribution in [0.5, 0.6) is 0 Å². The zero-order valence-electron chi connectivity index (χ0n) is 16.0. The minimum atomic E-state index is -3.56. The Morgan fingerprint density at radius 2 is 1.85 bits per heavy atom. The molecule has 0 aliphatic rings. The molecular weight excluding hydrogens is 354 g/mol. The molecule has 1 amide bonds. The van der Waals surface area contributed by atoms with Crippen LogP contribution in [0.25, 0.3) is 11.0 Å². The van der Waals surface area contributed by atoms with Crippen molar-refractivity contribution in [2.75, 3.05) is 40.3 Å². The van der Waals surface area contributed by atoms with Crippen LogP contribution >= 0.6 is 0 Å². The van der Waals surface area contributed by atoms with Crippen molar-refractivity contribution in [3.05, 3.63) is 29.5 Å². The fourth-order valence-electron chi connectivity index (χ4n) is 2.76. The number of nitrogens with zero attached hydrogens (tertiary/aromatic N) is 2.